The summed E-state index contributed by atoms with van der Waals surface area (Å²) in [6, 6.07) is 12.6. The maximum Gasteiger partial charge on any atom is 0.0767 e. The van der Waals surface area contributed by atoms with Crippen molar-refractivity contribution in [1.29, 1.82) is 0 Å². The van der Waals surface area contributed by atoms with Gasteiger partial charge in [-0.3, -0.25) is 9.67 Å². The third-order valence-electron chi connectivity index (χ3n) is 3.74. The molecule has 4 heteroatoms. The molecule has 2 aromatic heterocycles. The van der Waals surface area contributed by atoms with Gasteiger partial charge in [0.05, 0.1) is 17.3 Å². The van der Waals surface area contributed by atoms with Crippen LogP contribution in [0.4, 0.5) is 0 Å². The van der Waals surface area contributed by atoms with Crippen LogP contribution in [0.2, 0.25) is 0 Å². The fourth-order valence-electron chi connectivity index (χ4n) is 2.81. The summed E-state index contributed by atoms with van der Waals surface area (Å²) in [6.45, 7) is 3.10. The molecule has 0 aliphatic heterocycles. The Balaban J connectivity index is 2.12. The van der Waals surface area contributed by atoms with Gasteiger partial charge in [-0.25, -0.2) is 0 Å². The Labute approximate surface area is 124 Å². The molecule has 108 valence electrons. The highest BCUT2D eigenvalue weighted by Crippen LogP contribution is 2.27. The molecule has 0 aliphatic carbocycles. The summed E-state index contributed by atoms with van der Waals surface area (Å²) in [6.07, 6.45) is 4.79. The van der Waals surface area contributed by atoms with E-state index in [4.69, 9.17) is 0 Å². The predicted molar refractivity (Wildman–Crippen MR) is 85.2 cm³/mol. The van der Waals surface area contributed by atoms with Gasteiger partial charge in [-0.05, 0) is 25.6 Å². The molecule has 0 saturated heterocycles. The average Bonchev–Trinajstić information content (AvgIpc) is 2.97. The molecule has 0 amide bonds. The molecule has 0 aliphatic rings. The molecule has 1 unspecified atom stereocenters. The first kappa shape index (κ1) is 13.8. The maximum absolute atomic E-state index is 4.57. The minimum atomic E-state index is 0.0950. The van der Waals surface area contributed by atoms with Gasteiger partial charge in [0.25, 0.3) is 0 Å². The van der Waals surface area contributed by atoms with Crippen molar-refractivity contribution in [2.24, 2.45) is 0 Å². The summed E-state index contributed by atoms with van der Waals surface area (Å²) in [5, 5.41) is 9.01. The number of rotatable bonds is 5. The van der Waals surface area contributed by atoms with Gasteiger partial charge >= 0.3 is 0 Å². The fourth-order valence-corrected chi connectivity index (χ4v) is 2.81. The van der Waals surface area contributed by atoms with E-state index in [-0.39, 0.29) is 6.04 Å². The Hall–Kier alpha value is -2.20. The van der Waals surface area contributed by atoms with E-state index >= 15 is 0 Å². The van der Waals surface area contributed by atoms with Crippen molar-refractivity contribution in [1.82, 2.24) is 20.1 Å². The Kier molecular flexibility index (Phi) is 3.97. The zero-order valence-electron chi connectivity index (χ0n) is 12.5. The number of hydrogen-bond acceptors (Lipinski definition) is 3. The highest BCUT2D eigenvalue weighted by atomic mass is 15.3. The zero-order chi connectivity index (χ0) is 14.7. The van der Waals surface area contributed by atoms with Gasteiger partial charge < -0.3 is 5.32 Å². The van der Waals surface area contributed by atoms with Crippen LogP contribution in [0.15, 0.2) is 48.8 Å². The Morgan fingerprint density at radius 2 is 2.00 bits per heavy atom. The number of para-hydroxylation sites is 1. The number of nitrogens with zero attached hydrogens (tertiary/aromatic N) is 3. The van der Waals surface area contributed by atoms with E-state index in [1.54, 1.807) is 0 Å². The highest BCUT2D eigenvalue weighted by molar-refractivity contribution is 5.82. The van der Waals surface area contributed by atoms with E-state index in [0.717, 1.165) is 23.9 Å². The van der Waals surface area contributed by atoms with E-state index in [2.05, 4.69) is 57.3 Å². The van der Waals surface area contributed by atoms with Crippen molar-refractivity contribution in [2.75, 3.05) is 7.05 Å². The van der Waals surface area contributed by atoms with Crippen LogP contribution >= 0.6 is 0 Å². The SMILES string of the molecule is CCCn1nccc1C(NC)c1cccc2cccnc12. The monoisotopic (exact) mass is 280 g/mol. The third kappa shape index (κ3) is 2.54. The smallest absolute Gasteiger partial charge is 0.0767 e. The van der Waals surface area contributed by atoms with Gasteiger partial charge in [-0.1, -0.05) is 31.2 Å². The third-order valence-corrected chi connectivity index (χ3v) is 3.74. The van der Waals surface area contributed by atoms with E-state index in [1.807, 2.05) is 25.5 Å². The predicted octanol–water partition coefficient (Wildman–Crippen LogP) is 3.15. The van der Waals surface area contributed by atoms with Crippen LogP contribution < -0.4 is 5.32 Å². The molecule has 0 bridgehead atoms. The summed E-state index contributed by atoms with van der Waals surface area (Å²) >= 11 is 0. The van der Waals surface area contributed by atoms with Gasteiger partial charge in [-0.2, -0.15) is 5.10 Å². The van der Waals surface area contributed by atoms with Crippen molar-refractivity contribution >= 4 is 10.9 Å². The molecule has 0 fully saturated rings. The maximum atomic E-state index is 4.57. The molecule has 0 saturated carbocycles. The normalized spacial score (nSPS) is 12.7. The lowest BCUT2D eigenvalue weighted by atomic mass is 10.00. The number of aryl methyl sites for hydroxylation is 1. The molecular formula is C17H20N4. The van der Waals surface area contributed by atoms with Crippen LogP contribution in [0.25, 0.3) is 10.9 Å². The van der Waals surface area contributed by atoms with Gasteiger partial charge in [0.2, 0.25) is 0 Å². The molecular weight excluding hydrogens is 260 g/mol. The second kappa shape index (κ2) is 6.06. The van der Waals surface area contributed by atoms with E-state index < -0.39 is 0 Å². The molecule has 3 rings (SSSR count). The lowest BCUT2D eigenvalue weighted by Crippen LogP contribution is -2.22. The van der Waals surface area contributed by atoms with Crippen LogP contribution in [0.3, 0.4) is 0 Å². The van der Waals surface area contributed by atoms with Crippen molar-refractivity contribution in [3.05, 3.63) is 60.0 Å². The van der Waals surface area contributed by atoms with Crippen molar-refractivity contribution in [3.8, 4) is 0 Å². The second-order valence-electron chi connectivity index (χ2n) is 5.12. The fraction of sp³-hybridized carbons (Fsp3) is 0.294. The summed E-state index contributed by atoms with van der Waals surface area (Å²) in [5.41, 5.74) is 3.41. The Bertz CT molecular complexity index is 727. The first-order valence-corrected chi connectivity index (χ1v) is 7.37. The standard InChI is InChI=1S/C17H20N4/c1-3-12-21-15(9-11-20-21)17(18-2)14-8-4-6-13-7-5-10-19-16(13)14/h4-11,17-18H,3,12H2,1-2H3. The molecule has 0 radical (unpaired) electrons. The van der Waals surface area contributed by atoms with Gasteiger partial charge in [0.1, 0.15) is 0 Å². The quantitative estimate of drug-likeness (QED) is 0.780. The summed E-state index contributed by atoms with van der Waals surface area (Å²) < 4.78 is 2.07. The molecule has 0 spiro atoms. The molecule has 1 N–H and O–H groups in total. The number of hydrogen-bond donors (Lipinski definition) is 1. The molecule has 2 heterocycles. The summed E-state index contributed by atoms with van der Waals surface area (Å²) in [7, 11) is 1.98. The lowest BCUT2D eigenvalue weighted by molar-refractivity contribution is 0.535. The van der Waals surface area contributed by atoms with E-state index in [9.17, 15) is 0 Å². The van der Waals surface area contributed by atoms with Gasteiger partial charge in [0, 0.05) is 29.9 Å². The van der Waals surface area contributed by atoms with E-state index in [0.29, 0.717) is 0 Å². The lowest BCUT2D eigenvalue weighted by Gasteiger charge is -2.19. The minimum absolute atomic E-state index is 0.0950. The Morgan fingerprint density at radius 1 is 1.14 bits per heavy atom. The number of aromatic nitrogens is 3. The minimum Gasteiger partial charge on any atom is -0.308 e. The van der Waals surface area contributed by atoms with Crippen LogP contribution in [-0.4, -0.2) is 21.8 Å². The molecule has 4 nitrogen and oxygen atoms in total. The largest absolute Gasteiger partial charge is 0.308 e. The zero-order valence-corrected chi connectivity index (χ0v) is 12.5. The summed E-state index contributed by atoms with van der Waals surface area (Å²) in [5.74, 6) is 0. The number of pyridine rings is 1. The average molecular weight is 280 g/mol. The van der Waals surface area contributed by atoms with Crippen LogP contribution in [0, 0.1) is 0 Å². The van der Waals surface area contributed by atoms with Gasteiger partial charge in [0.15, 0.2) is 0 Å². The molecule has 3 aromatic rings. The van der Waals surface area contributed by atoms with E-state index in [1.165, 1.54) is 11.3 Å². The number of nitrogens with one attached hydrogen (secondary N) is 1. The number of fused-ring (bicyclic) bond motifs is 1. The first-order valence-electron chi connectivity index (χ1n) is 7.37. The molecule has 21 heavy (non-hydrogen) atoms. The topological polar surface area (TPSA) is 42.7 Å². The van der Waals surface area contributed by atoms with Crippen LogP contribution in [0.1, 0.15) is 30.6 Å². The highest BCUT2D eigenvalue weighted by Gasteiger charge is 2.19. The second-order valence-corrected chi connectivity index (χ2v) is 5.12. The molecule has 1 atom stereocenters. The van der Waals surface area contributed by atoms with Crippen molar-refractivity contribution in [2.45, 2.75) is 25.9 Å². The van der Waals surface area contributed by atoms with Crippen LogP contribution in [0.5, 0.6) is 0 Å². The molecule has 1 aromatic carbocycles. The first-order chi connectivity index (χ1) is 10.3. The Morgan fingerprint density at radius 3 is 2.81 bits per heavy atom. The van der Waals surface area contributed by atoms with Crippen molar-refractivity contribution < 1.29 is 0 Å². The van der Waals surface area contributed by atoms with Crippen molar-refractivity contribution in [3.63, 3.8) is 0 Å². The van der Waals surface area contributed by atoms with Crippen LogP contribution in [-0.2, 0) is 6.54 Å². The van der Waals surface area contributed by atoms with Gasteiger partial charge in [-0.15, -0.1) is 0 Å². The summed E-state index contributed by atoms with van der Waals surface area (Å²) in [4.78, 5) is 4.57. The number of benzene rings is 1.